The van der Waals surface area contributed by atoms with E-state index in [0.29, 0.717) is 10.2 Å². The smallest absolute Gasteiger partial charge is 0.364 e. The second-order valence-electron chi connectivity index (χ2n) is 3.76. The maximum Gasteiger partial charge on any atom is 0.364 e. The van der Waals surface area contributed by atoms with E-state index < -0.39 is 0 Å². The van der Waals surface area contributed by atoms with E-state index in [1.807, 2.05) is 0 Å². The molecular weight excluding hydrogens is 244 g/mol. The molecule has 90 valence electrons. The third-order valence-corrected chi connectivity index (χ3v) is 3.33. The number of nitrogens with zero attached hydrogens (tertiary/aromatic N) is 6. The zero-order valence-corrected chi connectivity index (χ0v) is 9.92. The fraction of sp³-hybridized carbons (Fsp3) is 0.625. The van der Waals surface area contributed by atoms with Crippen molar-refractivity contribution in [3.05, 3.63) is 15.5 Å². The van der Waals surface area contributed by atoms with Crippen LogP contribution in [0.5, 0.6) is 5.19 Å². The molecule has 0 saturated heterocycles. The quantitative estimate of drug-likeness (QED) is 0.743. The van der Waals surface area contributed by atoms with Crippen LogP contribution in [0.25, 0.3) is 0 Å². The summed E-state index contributed by atoms with van der Waals surface area (Å²) in [5.74, 6) is 0. The number of ether oxygens (including phenoxy) is 1. The average molecular weight is 254 g/mol. The highest BCUT2D eigenvalue weighted by Crippen LogP contribution is 2.32. The number of methoxy groups -OCH3 is 1. The summed E-state index contributed by atoms with van der Waals surface area (Å²) in [4.78, 5) is 11.9. The highest BCUT2D eigenvalue weighted by atomic mass is 32.1. The molecule has 2 aromatic heterocycles. The van der Waals surface area contributed by atoms with Crippen molar-refractivity contribution in [3.8, 4) is 5.19 Å². The number of tetrazole rings is 1. The molecule has 8 nitrogen and oxygen atoms in total. The standard InChI is InChI=1S/C8H10N6O2S/c1-16-7-10-9-6(17-7)4-13-8(15)14(12-11-13)5-2-3-5/h5H,2-4H2,1H3. The molecule has 1 aliphatic carbocycles. The van der Waals surface area contributed by atoms with Gasteiger partial charge in [0.05, 0.1) is 13.2 Å². The van der Waals surface area contributed by atoms with Crippen LogP contribution in [0.15, 0.2) is 4.79 Å². The summed E-state index contributed by atoms with van der Waals surface area (Å²) < 4.78 is 7.65. The van der Waals surface area contributed by atoms with Crippen LogP contribution in [-0.2, 0) is 6.54 Å². The minimum atomic E-state index is -0.193. The maximum atomic E-state index is 11.9. The summed E-state index contributed by atoms with van der Waals surface area (Å²) in [6.45, 7) is 0.284. The summed E-state index contributed by atoms with van der Waals surface area (Å²) in [5.41, 5.74) is -0.193. The third kappa shape index (κ3) is 1.93. The zero-order chi connectivity index (χ0) is 11.8. The van der Waals surface area contributed by atoms with Gasteiger partial charge in [0.25, 0.3) is 5.19 Å². The van der Waals surface area contributed by atoms with Crippen LogP contribution >= 0.6 is 11.3 Å². The summed E-state index contributed by atoms with van der Waals surface area (Å²) in [6.07, 6.45) is 2.01. The van der Waals surface area contributed by atoms with Crippen LogP contribution in [0, 0.1) is 0 Å². The Morgan fingerprint density at radius 1 is 1.41 bits per heavy atom. The van der Waals surface area contributed by atoms with E-state index in [4.69, 9.17) is 4.74 Å². The van der Waals surface area contributed by atoms with E-state index in [1.54, 1.807) is 0 Å². The second-order valence-corrected chi connectivity index (χ2v) is 4.79. The minimum Gasteiger partial charge on any atom is -0.472 e. The summed E-state index contributed by atoms with van der Waals surface area (Å²) in [5, 5.41) is 16.5. The molecule has 3 rings (SSSR count). The van der Waals surface area contributed by atoms with Gasteiger partial charge in [-0.2, -0.15) is 9.36 Å². The highest BCUT2D eigenvalue weighted by molar-refractivity contribution is 7.13. The molecule has 0 spiro atoms. The Morgan fingerprint density at radius 2 is 2.24 bits per heavy atom. The predicted molar refractivity (Wildman–Crippen MR) is 58.1 cm³/mol. The Balaban J connectivity index is 1.82. The Hall–Kier alpha value is -1.77. The molecule has 0 amide bonds. The molecule has 1 aliphatic rings. The summed E-state index contributed by atoms with van der Waals surface area (Å²) in [6, 6.07) is 0.236. The van der Waals surface area contributed by atoms with Crippen molar-refractivity contribution < 1.29 is 4.74 Å². The van der Waals surface area contributed by atoms with Crippen LogP contribution in [0.4, 0.5) is 0 Å². The van der Waals surface area contributed by atoms with Gasteiger partial charge in [-0.15, -0.1) is 5.10 Å². The van der Waals surface area contributed by atoms with Crippen molar-refractivity contribution in [2.75, 3.05) is 7.11 Å². The third-order valence-electron chi connectivity index (χ3n) is 2.46. The highest BCUT2D eigenvalue weighted by Gasteiger charge is 2.28. The topological polar surface area (TPSA) is 87.7 Å². The Bertz CT molecular complexity index is 583. The molecule has 0 aliphatic heterocycles. The van der Waals surface area contributed by atoms with Gasteiger partial charge in [-0.3, -0.25) is 0 Å². The van der Waals surface area contributed by atoms with Crippen molar-refractivity contribution in [3.63, 3.8) is 0 Å². The van der Waals surface area contributed by atoms with E-state index in [0.717, 1.165) is 12.8 Å². The predicted octanol–water partition coefficient (Wildman–Crippen LogP) is -0.317. The van der Waals surface area contributed by atoms with Crippen LogP contribution in [-0.4, -0.2) is 37.1 Å². The second kappa shape index (κ2) is 3.91. The number of aromatic nitrogens is 6. The molecule has 17 heavy (non-hydrogen) atoms. The van der Waals surface area contributed by atoms with Crippen molar-refractivity contribution in [2.24, 2.45) is 0 Å². The van der Waals surface area contributed by atoms with Gasteiger partial charge in [0.2, 0.25) is 0 Å². The van der Waals surface area contributed by atoms with Gasteiger partial charge in [-0.1, -0.05) is 16.4 Å². The number of hydrogen-bond donors (Lipinski definition) is 0. The Kier molecular flexibility index (Phi) is 2.39. The number of hydrogen-bond acceptors (Lipinski definition) is 7. The molecule has 2 aromatic rings. The van der Waals surface area contributed by atoms with Gasteiger partial charge in [0, 0.05) is 0 Å². The fourth-order valence-corrected chi connectivity index (χ4v) is 2.08. The van der Waals surface area contributed by atoms with Gasteiger partial charge in [-0.05, 0) is 23.3 Å². The van der Waals surface area contributed by atoms with Gasteiger partial charge in [0.1, 0.15) is 11.6 Å². The summed E-state index contributed by atoms with van der Waals surface area (Å²) in [7, 11) is 1.53. The van der Waals surface area contributed by atoms with Crippen molar-refractivity contribution >= 4 is 11.3 Å². The Labute approximate surface area is 99.8 Å². The molecule has 0 aromatic carbocycles. The Morgan fingerprint density at radius 3 is 2.88 bits per heavy atom. The lowest BCUT2D eigenvalue weighted by Gasteiger charge is -1.92. The zero-order valence-electron chi connectivity index (χ0n) is 9.11. The molecular formula is C8H10N6O2S. The van der Waals surface area contributed by atoms with E-state index in [1.165, 1.54) is 27.8 Å². The van der Waals surface area contributed by atoms with Gasteiger partial charge in [0.15, 0.2) is 0 Å². The van der Waals surface area contributed by atoms with Crippen LogP contribution in [0.2, 0.25) is 0 Å². The first-order valence-corrected chi connectivity index (χ1v) is 5.98. The first-order valence-electron chi connectivity index (χ1n) is 5.16. The molecule has 0 radical (unpaired) electrons. The van der Waals surface area contributed by atoms with Crippen molar-refractivity contribution in [1.82, 2.24) is 30.0 Å². The van der Waals surface area contributed by atoms with Gasteiger partial charge < -0.3 is 4.74 Å². The minimum absolute atomic E-state index is 0.193. The van der Waals surface area contributed by atoms with Crippen LogP contribution < -0.4 is 10.4 Å². The first-order chi connectivity index (χ1) is 8.28. The molecule has 9 heteroatoms. The van der Waals surface area contributed by atoms with E-state index >= 15 is 0 Å². The lowest BCUT2D eigenvalue weighted by atomic mass is 10.7. The summed E-state index contributed by atoms with van der Waals surface area (Å²) >= 11 is 1.29. The molecule has 2 heterocycles. The van der Waals surface area contributed by atoms with Gasteiger partial charge >= 0.3 is 5.69 Å². The van der Waals surface area contributed by atoms with Crippen molar-refractivity contribution in [1.29, 1.82) is 0 Å². The average Bonchev–Trinajstić information content (AvgIpc) is 2.97. The van der Waals surface area contributed by atoms with Gasteiger partial charge in [-0.25, -0.2) is 4.79 Å². The first kappa shape index (κ1) is 10.4. The largest absolute Gasteiger partial charge is 0.472 e. The lowest BCUT2D eigenvalue weighted by Crippen LogP contribution is -2.25. The lowest BCUT2D eigenvalue weighted by molar-refractivity contribution is 0.407. The van der Waals surface area contributed by atoms with E-state index in [9.17, 15) is 4.79 Å². The van der Waals surface area contributed by atoms with Crippen molar-refractivity contribution in [2.45, 2.75) is 25.4 Å². The number of rotatable bonds is 4. The molecule has 0 N–H and O–H groups in total. The molecule has 1 fully saturated rings. The molecule has 0 bridgehead atoms. The van der Waals surface area contributed by atoms with Crippen LogP contribution in [0.3, 0.4) is 0 Å². The van der Waals surface area contributed by atoms with E-state index in [2.05, 4.69) is 20.6 Å². The SMILES string of the molecule is COc1nnc(Cn2nnn(C3CC3)c2=O)s1. The molecule has 1 saturated carbocycles. The molecule has 0 unspecified atom stereocenters. The fourth-order valence-electron chi connectivity index (χ4n) is 1.45. The van der Waals surface area contributed by atoms with E-state index in [-0.39, 0.29) is 18.3 Å². The monoisotopic (exact) mass is 254 g/mol. The maximum absolute atomic E-state index is 11.9. The van der Waals surface area contributed by atoms with Crippen LogP contribution in [0.1, 0.15) is 23.9 Å². The molecule has 0 atom stereocenters. The normalized spacial score (nSPS) is 15.1.